The summed E-state index contributed by atoms with van der Waals surface area (Å²) < 4.78 is 12.0. The molecule has 11 nitrogen and oxygen atoms in total. The zero-order valence-electron chi connectivity index (χ0n) is 32.8. The predicted octanol–water partition coefficient (Wildman–Crippen LogP) is 4.38. The molecule has 0 radical (unpaired) electrons. The van der Waals surface area contributed by atoms with Crippen molar-refractivity contribution in [2.45, 2.75) is 129 Å². The van der Waals surface area contributed by atoms with E-state index in [-0.39, 0.29) is 53.8 Å². The first kappa shape index (κ1) is 42.4. The number of carbonyl (C=O) groups excluding carboxylic acids is 4. The maximum atomic E-state index is 14.2. The number of nitrogens with one attached hydrogen (secondary N) is 3. The Hall–Kier alpha value is -3.02. The van der Waals surface area contributed by atoms with Crippen molar-refractivity contribution in [3.05, 3.63) is 36.5 Å². The molecule has 11 heteroatoms. The Balaban J connectivity index is 1.70. The van der Waals surface area contributed by atoms with Gasteiger partial charge in [-0.15, -0.1) is 0 Å². The molecule has 4 amide bonds. The Bertz CT molecular complexity index is 1230. The number of allylic oxidation sites excluding steroid dienone is 6. The maximum absolute atomic E-state index is 14.2. The molecule has 3 rings (SSSR count). The van der Waals surface area contributed by atoms with Crippen molar-refractivity contribution in [2.75, 3.05) is 40.9 Å². The van der Waals surface area contributed by atoms with Crippen molar-refractivity contribution in [1.29, 1.82) is 0 Å². The molecule has 2 aliphatic heterocycles. The highest BCUT2D eigenvalue weighted by molar-refractivity contribution is 5.92. The summed E-state index contributed by atoms with van der Waals surface area (Å²) in [5, 5.41) is 9.50. The molecule has 0 spiro atoms. The second kappa shape index (κ2) is 20.3. The van der Waals surface area contributed by atoms with Gasteiger partial charge in [0.15, 0.2) is 0 Å². The molecular formula is C40H67N5O6. The van der Waals surface area contributed by atoms with E-state index in [0.29, 0.717) is 13.1 Å². The van der Waals surface area contributed by atoms with Gasteiger partial charge in [-0.1, -0.05) is 77.5 Å². The van der Waals surface area contributed by atoms with Crippen LogP contribution in [0.1, 0.15) is 92.9 Å². The van der Waals surface area contributed by atoms with E-state index >= 15 is 0 Å². The molecule has 0 unspecified atom stereocenters. The molecule has 3 aliphatic rings. The zero-order chi connectivity index (χ0) is 37.7. The second-order valence-corrected chi connectivity index (χ2v) is 15.4. The minimum atomic E-state index is -0.724. The molecule has 1 aliphatic carbocycles. The van der Waals surface area contributed by atoms with Crippen LogP contribution in [0.4, 0.5) is 0 Å². The van der Waals surface area contributed by atoms with Crippen LogP contribution in [0.2, 0.25) is 0 Å². The van der Waals surface area contributed by atoms with Crippen LogP contribution in [0, 0.1) is 23.7 Å². The topological polar surface area (TPSA) is 129 Å². The minimum Gasteiger partial charge on any atom is -0.379 e. The van der Waals surface area contributed by atoms with Gasteiger partial charge in [-0.25, -0.2) is 0 Å². The van der Waals surface area contributed by atoms with E-state index in [9.17, 15) is 19.2 Å². The monoisotopic (exact) mass is 714 g/mol. The van der Waals surface area contributed by atoms with Crippen molar-refractivity contribution >= 4 is 23.6 Å². The largest absolute Gasteiger partial charge is 0.379 e. The fourth-order valence-electron chi connectivity index (χ4n) is 7.91. The Morgan fingerprint density at radius 1 is 1.00 bits per heavy atom. The third-order valence-corrected chi connectivity index (χ3v) is 11.4. The van der Waals surface area contributed by atoms with Gasteiger partial charge >= 0.3 is 0 Å². The van der Waals surface area contributed by atoms with Crippen molar-refractivity contribution in [3.63, 3.8) is 0 Å². The van der Waals surface area contributed by atoms with Gasteiger partial charge in [0.05, 0.1) is 42.2 Å². The zero-order valence-corrected chi connectivity index (χ0v) is 32.8. The lowest BCUT2D eigenvalue weighted by molar-refractivity contribution is -0.148. The molecule has 8 atom stereocenters. The summed E-state index contributed by atoms with van der Waals surface area (Å²) in [6.45, 7) is 13.7. The summed E-state index contributed by atoms with van der Waals surface area (Å²) in [7, 11) is 4.96. The summed E-state index contributed by atoms with van der Waals surface area (Å²) in [6.07, 6.45) is 17.1. The molecule has 0 saturated carbocycles. The number of ether oxygens (including phenoxy) is 2. The number of hydrogen-bond acceptors (Lipinski definition) is 7. The third kappa shape index (κ3) is 11.2. The van der Waals surface area contributed by atoms with Gasteiger partial charge in [0.1, 0.15) is 6.04 Å². The Labute approximate surface area is 307 Å². The molecule has 51 heavy (non-hydrogen) atoms. The number of hydrogen-bond donors (Lipinski definition) is 3. The van der Waals surface area contributed by atoms with E-state index in [1.54, 1.807) is 26.2 Å². The SMILES string of the molecule is CC[C@H](C)[C@@H]([C@@H](CC(=O)N1CCC[C@H]1[C@H](OC)[C@@H](C)C(=O)NCCC1C=CC=CC=C1)OC)N(C)C(=O)[C@@H](NC(=O)[C@]1(C)CCCCN1)C(C)C. The van der Waals surface area contributed by atoms with Crippen LogP contribution in [-0.4, -0.2) is 110 Å². The van der Waals surface area contributed by atoms with E-state index in [4.69, 9.17) is 9.47 Å². The van der Waals surface area contributed by atoms with E-state index < -0.39 is 35.7 Å². The fourth-order valence-corrected chi connectivity index (χ4v) is 7.91. The summed E-state index contributed by atoms with van der Waals surface area (Å²) in [6, 6.07) is -1.38. The van der Waals surface area contributed by atoms with Crippen LogP contribution in [0.3, 0.4) is 0 Å². The third-order valence-electron chi connectivity index (χ3n) is 11.4. The number of amides is 4. The van der Waals surface area contributed by atoms with Crippen LogP contribution in [0.5, 0.6) is 0 Å². The predicted molar refractivity (Wildman–Crippen MR) is 202 cm³/mol. The van der Waals surface area contributed by atoms with Crippen LogP contribution >= 0.6 is 0 Å². The van der Waals surface area contributed by atoms with Gasteiger partial charge in [0.25, 0.3) is 0 Å². The van der Waals surface area contributed by atoms with Gasteiger partial charge in [-0.2, -0.15) is 0 Å². The molecule has 2 heterocycles. The van der Waals surface area contributed by atoms with Crippen molar-refractivity contribution in [2.24, 2.45) is 23.7 Å². The molecule has 0 aromatic rings. The first-order chi connectivity index (χ1) is 24.3. The average Bonchev–Trinajstić information content (AvgIpc) is 3.45. The number of carbonyl (C=O) groups is 4. The molecule has 0 aromatic carbocycles. The minimum absolute atomic E-state index is 0.0165. The number of nitrogens with zero attached hydrogens (tertiary/aromatic N) is 2. The van der Waals surface area contributed by atoms with Crippen LogP contribution in [-0.2, 0) is 28.7 Å². The molecular weight excluding hydrogens is 646 g/mol. The summed E-state index contributed by atoms with van der Waals surface area (Å²) in [5.74, 6) is -0.860. The lowest BCUT2D eigenvalue weighted by Crippen LogP contribution is -2.63. The Morgan fingerprint density at radius 3 is 2.25 bits per heavy atom. The van der Waals surface area contributed by atoms with E-state index in [2.05, 4.69) is 41.9 Å². The molecule has 3 N–H and O–H groups in total. The lowest BCUT2D eigenvalue weighted by Gasteiger charge is -2.41. The molecule has 2 saturated heterocycles. The molecule has 2 fully saturated rings. The van der Waals surface area contributed by atoms with Crippen LogP contribution in [0.25, 0.3) is 0 Å². The van der Waals surface area contributed by atoms with Crippen molar-refractivity contribution < 1.29 is 28.7 Å². The summed E-state index contributed by atoms with van der Waals surface area (Å²) >= 11 is 0. The lowest BCUT2D eigenvalue weighted by atomic mass is 9.88. The Morgan fingerprint density at radius 2 is 1.69 bits per heavy atom. The number of rotatable bonds is 18. The summed E-state index contributed by atoms with van der Waals surface area (Å²) in [5.41, 5.74) is -0.714. The highest BCUT2D eigenvalue weighted by Crippen LogP contribution is 2.30. The summed E-state index contributed by atoms with van der Waals surface area (Å²) in [4.78, 5) is 58.6. The van der Waals surface area contributed by atoms with E-state index in [1.807, 2.05) is 56.9 Å². The van der Waals surface area contributed by atoms with E-state index in [0.717, 1.165) is 51.5 Å². The van der Waals surface area contributed by atoms with Gasteiger partial charge in [0.2, 0.25) is 23.6 Å². The van der Waals surface area contributed by atoms with Gasteiger partial charge in [-0.05, 0) is 69.7 Å². The highest BCUT2D eigenvalue weighted by Gasteiger charge is 2.43. The fraction of sp³-hybridized carbons (Fsp3) is 0.750. The number of piperidine rings is 1. The molecule has 288 valence electrons. The average molecular weight is 714 g/mol. The smallest absolute Gasteiger partial charge is 0.245 e. The van der Waals surface area contributed by atoms with Crippen molar-refractivity contribution in [1.82, 2.24) is 25.8 Å². The van der Waals surface area contributed by atoms with Crippen LogP contribution < -0.4 is 16.0 Å². The van der Waals surface area contributed by atoms with Gasteiger partial charge in [0, 0.05) is 34.4 Å². The quantitative estimate of drug-likeness (QED) is 0.192. The highest BCUT2D eigenvalue weighted by atomic mass is 16.5. The Kier molecular flexibility index (Phi) is 16.9. The van der Waals surface area contributed by atoms with E-state index in [1.165, 1.54) is 0 Å². The van der Waals surface area contributed by atoms with Gasteiger partial charge in [-0.3, -0.25) is 19.2 Å². The number of methoxy groups -OCH3 is 2. The molecule has 0 bridgehead atoms. The van der Waals surface area contributed by atoms with Crippen molar-refractivity contribution in [3.8, 4) is 0 Å². The number of likely N-dealkylation sites (N-methyl/N-ethyl adjacent to an activating group) is 1. The first-order valence-corrected chi connectivity index (χ1v) is 19.3. The number of likely N-dealkylation sites (tertiary alicyclic amines) is 1. The normalized spacial score (nSPS) is 24.4. The maximum Gasteiger partial charge on any atom is 0.245 e. The molecule has 0 aromatic heterocycles. The first-order valence-electron chi connectivity index (χ1n) is 19.3. The standard InChI is InChI=1S/C40H67N5O6/c1-10-28(4)35(44(7)38(48)34(27(2)3)43-39(49)40(6)22-15-16-23-42-40)32(50-8)26-33(46)45-25-17-20-31(45)36(51-9)29(5)37(47)41-24-21-30-18-13-11-12-14-19-30/h11-14,18-19,27-32,34-36,42H,10,15-17,20-26H2,1-9H3,(H,41,47)(H,43,49)/t28-,29+,31-,32+,34-,35-,36+,40-/m0/s1. The van der Waals surface area contributed by atoms with Crippen LogP contribution in [0.15, 0.2) is 36.5 Å². The van der Waals surface area contributed by atoms with Gasteiger partial charge < -0.3 is 35.2 Å². The second-order valence-electron chi connectivity index (χ2n) is 15.4.